The van der Waals surface area contributed by atoms with E-state index >= 15 is 0 Å². The standard InChI is InChI=1S/C7H8O2S2/c1-3-6(9)4-7(11-10)5(2)8/h3-4,10H,1H2,2H3/b7-4+. The van der Waals surface area contributed by atoms with E-state index in [9.17, 15) is 9.59 Å². The summed E-state index contributed by atoms with van der Waals surface area (Å²) in [6.45, 7) is 4.65. The van der Waals surface area contributed by atoms with Crippen LogP contribution in [0.4, 0.5) is 0 Å². The van der Waals surface area contributed by atoms with Gasteiger partial charge in [0.05, 0.1) is 4.91 Å². The molecule has 0 spiro atoms. The molecule has 0 bridgehead atoms. The molecular weight excluding hydrogens is 180 g/mol. The predicted molar refractivity (Wildman–Crippen MR) is 50.5 cm³/mol. The van der Waals surface area contributed by atoms with E-state index in [-0.39, 0.29) is 11.6 Å². The molecule has 0 amide bonds. The highest BCUT2D eigenvalue weighted by Crippen LogP contribution is 2.19. The van der Waals surface area contributed by atoms with Gasteiger partial charge in [0, 0.05) is 6.08 Å². The van der Waals surface area contributed by atoms with Crippen LogP contribution >= 0.6 is 22.5 Å². The maximum absolute atomic E-state index is 10.7. The lowest BCUT2D eigenvalue weighted by molar-refractivity contribution is -0.114. The SMILES string of the molecule is C=CC(=O)/C=C(/SS)C(C)=O. The van der Waals surface area contributed by atoms with Gasteiger partial charge in [-0.05, 0) is 13.0 Å². The van der Waals surface area contributed by atoms with Gasteiger partial charge in [0.25, 0.3) is 0 Å². The summed E-state index contributed by atoms with van der Waals surface area (Å²) < 4.78 is 0. The summed E-state index contributed by atoms with van der Waals surface area (Å²) in [5.41, 5.74) is 0. The van der Waals surface area contributed by atoms with Crippen molar-refractivity contribution in [1.29, 1.82) is 0 Å². The minimum absolute atomic E-state index is 0.166. The lowest BCUT2D eigenvalue weighted by Gasteiger charge is -1.93. The topological polar surface area (TPSA) is 34.1 Å². The lowest BCUT2D eigenvalue weighted by Crippen LogP contribution is -1.94. The first kappa shape index (κ1) is 10.5. The van der Waals surface area contributed by atoms with Crippen LogP contribution in [0.25, 0.3) is 0 Å². The first-order chi connectivity index (χ1) is 5.11. The maximum Gasteiger partial charge on any atom is 0.179 e. The number of hydrogen-bond acceptors (Lipinski definition) is 4. The summed E-state index contributed by atoms with van der Waals surface area (Å²) in [5.74, 6) is -0.447. The van der Waals surface area contributed by atoms with E-state index in [1.165, 1.54) is 13.0 Å². The predicted octanol–water partition coefficient (Wildman–Crippen LogP) is 1.79. The number of allylic oxidation sites excluding steroid dienone is 3. The zero-order valence-corrected chi connectivity index (χ0v) is 7.74. The molecule has 60 valence electrons. The Labute approximate surface area is 74.6 Å². The minimum Gasteiger partial charge on any atom is -0.294 e. The zero-order valence-electron chi connectivity index (χ0n) is 6.03. The van der Waals surface area contributed by atoms with Crippen LogP contribution in [0.1, 0.15) is 6.92 Å². The van der Waals surface area contributed by atoms with E-state index in [2.05, 4.69) is 18.2 Å². The van der Waals surface area contributed by atoms with Gasteiger partial charge in [0.2, 0.25) is 0 Å². The normalized spacial score (nSPS) is 10.9. The molecule has 0 atom stereocenters. The number of Topliss-reactive ketones (excluding diaryl/α,β-unsaturated/α-hetero) is 1. The Morgan fingerprint density at radius 3 is 2.36 bits per heavy atom. The zero-order chi connectivity index (χ0) is 8.85. The number of rotatable bonds is 4. The van der Waals surface area contributed by atoms with E-state index in [1.807, 2.05) is 0 Å². The summed E-state index contributed by atoms with van der Waals surface area (Å²) in [6, 6.07) is 0. The van der Waals surface area contributed by atoms with Crippen molar-refractivity contribution < 1.29 is 9.59 Å². The van der Waals surface area contributed by atoms with Crippen molar-refractivity contribution in [2.75, 3.05) is 0 Å². The molecule has 0 saturated carbocycles. The molecule has 2 nitrogen and oxygen atoms in total. The third-order valence-electron chi connectivity index (χ3n) is 0.920. The van der Waals surface area contributed by atoms with Crippen molar-refractivity contribution in [3.8, 4) is 0 Å². The molecule has 0 aliphatic heterocycles. The molecule has 0 aliphatic rings. The lowest BCUT2D eigenvalue weighted by atomic mass is 10.3. The molecule has 0 aliphatic carbocycles. The molecule has 0 fully saturated rings. The van der Waals surface area contributed by atoms with Crippen LogP contribution in [-0.2, 0) is 9.59 Å². The Hall–Kier alpha value is -0.480. The van der Waals surface area contributed by atoms with Gasteiger partial charge in [0.15, 0.2) is 11.6 Å². The molecule has 0 N–H and O–H groups in total. The first-order valence-corrected chi connectivity index (χ1v) is 4.69. The number of ketones is 2. The molecule has 0 unspecified atom stereocenters. The van der Waals surface area contributed by atoms with Crippen molar-refractivity contribution in [3.63, 3.8) is 0 Å². The number of carbonyl (C=O) groups is 2. The maximum atomic E-state index is 10.7. The van der Waals surface area contributed by atoms with E-state index in [1.54, 1.807) is 0 Å². The van der Waals surface area contributed by atoms with Crippen molar-refractivity contribution in [1.82, 2.24) is 0 Å². The Morgan fingerprint density at radius 2 is 2.09 bits per heavy atom. The highest BCUT2D eigenvalue weighted by molar-refractivity contribution is 8.70. The van der Waals surface area contributed by atoms with Gasteiger partial charge < -0.3 is 0 Å². The van der Waals surface area contributed by atoms with Crippen LogP contribution in [0, 0.1) is 0 Å². The summed E-state index contributed by atoms with van der Waals surface area (Å²) in [7, 11) is 0.959. The molecule has 0 aromatic carbocycles. The van der Waals surface area contributed by atoms with Gasteiger partial charge in [-0.25, -0.2) is 0 Å². The van der Waals surface area contributed by atoms with Crippen LogP contribution in [0.15, 0.2) is 23.6 Å². The van der Waals surface area contributed by atoms with Gasteiger partial charge in [-0.2, -0.15) is 0 Å². The second kappa shape index (κ2) is 5.21. The summed E-state index contributed by atoms with van der Waals surface area (Å²) in [5, 5.41) is 0. The van der Waals surface area contributed by atoms with Crippen LogP contribution in [0.3, 0.4) is 0 Å². The summed E-state index contributed by atoms with van der Waals surface area (Å²) in [4.78, 5) is 21.7. The molecule has 0 rings (SSSR count). The third kappa shape index (κ3) is 4.06. The second-order valence-electron chi connectivity index (χ2n) is 1.76. The highest BCUT2D eigenvalue weighted by atomic mass is 33.1. The fourth-order valence-electron chi connectivity index (χ4n) is 0.380. The van der Waals surface area contributed by atoms with Crippen molar-refractivity contribution in [2.24, 2.45) is 0 Å². The van der Waals surface area contributed by atoms with E-state index in [4.69, 9.17) is 0 Å². The summed E-state index contributed by atoms with van der Waals surface area (Å²) >= 11 is 3.81. The Morgan fingerprint density at radius 1 is 1.55 bits per heavy atom. The largest absolute Gasteiger partial charge is 0.294 e. The van der Waals surface area contributed by atoms with Crippen molar-refractivity contribution >= 4 is 34.0 Å². The van der Waals surface area contributed by atoms with Crippen LogP contribution in [0.2, 0.25) is 0 Å². The van der Waals surface area contributed by atoms with E-state index in [0.717, 1.165) is 16.9 Å². The molecule has 0 radical (unpaired) electrons. The molecular formula is C7H8O2S2. The van der Waals surface area contributed by atoms with E-state index < -0.39 is 0 Å². The van der Waals surface area contributed by atoms with Gasteiger partial charge in [-0.1, -0.05) is 17.4 Å². The van der Waals surface area contributed by atoms with Crippen molar-refractivity contribution in [3.05, 3.63) is 23.6 Å². The van der Waals surface area contributed by atoms with Gasteiger partial charge >= 0.3 is 0 Å². The monoisotopic (exact) mass is 188 g/mol. The fourth-order valence-corrected chi connectivity index (χ4v) is 1.22. The van der Waals surface area contributed by atoms with Gasteiger partial charge in [0.1, 0.15) is 0 Å². The van der Waals surface area contributed by atoms with Gasteiger partial charge in [-0.3, -0.25) is 9.59 Å². The average molecular weight is 188 g/mol. The fraction of sp³-hybridized carbons (Fsp3) is 0.143. The van der Waals surface area contributed by atoms with Crippen molar-refractivity contribution in [2.45, 2.75) is 6.92 Å². The first-order valence-electron chi connectivity index (χ1n) is 2.82. The highest BCUT2D eigenvalue weighted by Gasteiger charge is 2.03. The van der Waals surface area contributed by atoms with Crippen LogP contribution in [-0.4, -0.2) is 11.6 Å². The Balaban J connectivity index is 4.47. The van der Waals surface area contributed by atoms with Gasteiger partial charge in [-0.15, -0.1) is 11.7 Å². The quantitative estimate of drug-likeness (QED) is 0.415. The average Bonchev–Trinajstić information content (AvgIpc) is 1.99. The number of hydrogen-bond donors (Lipinski definition) is 1. The van der Waals surface area contributed by atoms with E-state index in [0.29, 0.717) is 4.91 Å². The van der Waals surface area contributed by atoms with Crippen LogP contribution in [0.5, 0.6) is 0 Å². The number of thiol groups is 1. The molecule has 0 saturated heterocycles. The molecule has 0 heterocycles. The Kier molecular flexibility index (Phi) is 4.98. The molecule has 11 heavy (non-hydrogen) atoms. The molecule has 4 heteroatoms. The Bertz CT molecular complexity index is 218. The van der Waals surface area contributed by atoms with Crippen LogP contribution < -0.4 is 0 Å². The third-order valence-corrected chi connectivity index (χ3v) is 2.11. The number of carbonyl (C=O) groups excluding carboxylic acids is 2. The second-order valence-corrected chi connectivity index (χ2v) is 2.93. The summed E-state index contributed by atoms with van der Waals surface area (Å²) in [6.07, 6.45) is 2.36. The molecule has 0 aromatic heterocycles. The smallest absolute Gasteiger partial charge is 0.179 e. The molecule has 0 aromatic rings. The minimum atomic E-state index is -0.281.